The Bertz CT molecular complexity index is 1400. The first kappa shape index (κ1) is 21.1. The number of ether oxygens (including phenoxy) is 1. The van der Waals surface area contributed by atoms with Gasteiger partial charge in [-0.05, 0) is 60.9 Å². The molecular formula is C24H21N3O5S. The SMILES string of the molecule is COc1nc(C)ccc1-c1ccc2c(c1)CCN2S(=O)(=O)c1ccc(C2=NOC(=O)C2)cc1. The molecule has 9 heteroatoms. The van der Waals surface area contributed by atoms with Crippen LogP contribution in [0.1, 0.15) is 23.2 Å². The number of methoxy groups -OCH3 is 1. The largest absolute Gasteiger partial charge is 0.481 e. The summed E-state index contributed by atoms with van der Waals surface area (Å²) in [5, 5.41) is 3.73. The topological polar surface area (TPSA) is 98.2 Å². The number of aryl methyl sites for hydroxylation is 1. The van der Waals surface area contributed by atoms with Crippen molar-refractivity contribution >= 4 is 27.4 Å². The smallest absolute Gasteiger partial charge is 0.341 e. The van der Waals surface area contributed by atoms with Crippen molar-refractivity contribution in [1.82, 2.24) is 4.98 Å². The van der Waals surface area contributed by atoms with Crippen LogP contribution in [0.25, 0.3) is 11.1 Å². The van der Waals surface area contributed by atoms with E-state index in [1.165, 1.54) is 16.4 Å². The van der Waals surface area contributed by atoms with Gasteiger partial charge in [-0.3, -0.25) is 4.31 Å². The van der Waals surface area contributed by atoms with Crippen LogP contribution in [-0.2, 0) is 26.1 Å². The summed E-state index contributed by atoms with van der Waals surface area (Å²) in [5.74, 6) is 0.116. The van der Waals surface area contributed by atoms with Crippen LogP contribution in [-0.4, -0.2) is 38.7 Å². The number of sulfonamides is 1. The van der Waals surface area contributed by atoms with E-state index < -0.39 is 16.0 Å². The summed E-state index contributed by atoms with van der Waals surface area (Å²) in [6.07, 6.45) is 0.688. The molecule has 2 aliphatic heterocycles. The van der Waals surface area contributed by atoms with Crippen LogP contribution in [0, 0.1) is 6.92 Å². The zero-order valence-corrected chi connectivity index (χ0v) is 18.9. The van der Waals surface area contributed by atoms with E-state index in [-0.39, 0.29) is 11.3 Å². The predicted molar refractivity (Wildman–Crippen MR) is 123 cm³/mol. The number of hydrogen-bond donors (Lipinski definition) is 0. The Morgan fingerprint density at radius 1 is 1.03 bits per heavy atom. The molecule has 0 aliphatic carbocycles. The minimum Gasteiger partial charge on any atom is -0.481 e. The third-order valence-electron chi connectivity index (χ3n) is 5.78. The van der Waals surface area contributed by atoms with E-state index in [1.807, 2.05) is 37.3 Å². The minimum absolute atomic E-state index is 0.0786. The van der Waals surface area contributed by atoms with Crippen molar-refractivity contribution in [2.75, 3.05) is 18.0 Å². The third-order valence-corrected chi connectivity index (χ3v) is 7.61. The number of nitrogens with zero attached hydrogens (tertiary/aromatic N) is 3. The first-order chi connectivity index (χ1) is 15.9. The standard InChI is InChI=1S/C24H21N3O5S/c1-15-3-9-20(24(25-15)31-2)17-6-10-22-18(13-17)11-12-27(22)33(29,30)19-7-4-16(5-8-19)21-14-23(28)32-26-21/h3-10,13H,11-12,14H2,1-2H3. The van der Waals surface area contributed by atoms with Gasteiger partial charge in [0.05, 0.1) is 29.8 Å². The molecule has 3 heterocycles. The lowest BCUT2D eigenvalue weighted by Gasteiger charge is -2.20. The highest BCUT2D eigenvalue weighted by atomic mass is 32.2. The second-order valence-corrected chi connectivity index (χ2v) is 9.74. The summed E-state index contributed by atoms with van der Waals surface area (Å²) in [7, 11) is -2.16. The molecule has 0 atom stereocenters. The number of carbonyl (C=O) groups is 1. The van der Waals surface area contributed by atoms with E-state index >= 15 is 0 Å². The number of oxime groups is 1. The van der Waals surface area contributed by atoms with E-state index in [2.05, 4.69) is 15.0 Å². The molecule has 5 rings (SSSR count). The van der Waals surface area contributed by atoms with Crippen molar-refractivity contribution in [2.24, 2.45) is 5.16 Å². The molecule has 0 saturated carbocycles. The van der Waals surface area contributed by atoms with Crippen molar-refractivity contribution in [3.05, 3.63) is 71.4 Å². The number of rotatable bonds is 5. The molecule has 0 spiro atoms. The van der Waals surface area contributed by atoms with Gasteiger partial charge in [0.15, 0.2) is 0 Å². The Morgan fingerprint density at radius 3 is 2.48 bits per heavy atom. The van der Waals surface area contributed by atoms with E-state index in [0.717, 1.165) is 22.4 Å². The average Bonchev–Trinajstić information content (AvgIpc) is 3.45. The maximum absolute atomic E-state index is 13.4. The summed E-state index contributed by atoms with van der Waals surface area (Å²) >= 11 is 0. The number of fused-ring (bicyclic) bond motifs is 1. The molecule has 0 amide bonds. The van der Waals surface area contributed by atoms with Crippen LogP contribution in [0.2, 0.25) is 0 Å². The highest BCUT2D eigenvalue weighted by molar-refractivity contribution is 7.92. The molecule has 8 nitrogen and oxygen atoms in total. The number of aromatic nitrogens is 1. The van der Waals surface area contributed by atoms with Gasteiger partial charge in [-0.2, -0.15) is 0 Å². The molecule has 0 radical (unpaired) electrons. The summed E-state index contributed by atoms with van der Waals surface area (Å²) in [5.41, 5.74) is 5.42. The highest BCUT2D eigenvalue weighted by Gasteiger charge is 2.31. The van der Waals surface area contributed by atoms with Crippen molar-refractivity contribution in [3.8, 4) is 17.0 Å². The Hall–Kier alpha value is -3.72. The van der Waals surface area contributed by atoms with Gasteiger partial charge in [-0.15, -0.1) is 0 Å². The summed E-state index contributed by atoms with van der Waals surface area (Å²) in [6.45, 7) is 2.26. The molecular weight excluding hydrogens is 442 g/mol. The second kappa shape index (κ2) is 8.00. The quantitative estimate of drug-likeness (QED) is 0.538. The summed E-state index contributed by atoms with van der Waals surface area (Å²) in [6, 6.07) is 16.0. The molecule has 0 saturated heterocycles. The fourth-order valence-corrected chi connectivity index (χ4v) is 5.61. The molecule has 33 heavy (non-hydrogen) atoms. The van der Waals surface area contributed by atoms with Gasteiger partial charge in [-0.25, -0.2) is 18.2 Å². The fourth-order valence-electron chi connectivity index (χ4n) is 4.11. The van der Waals surface area contributed by atoms with Gasteiger partial charge in [0, 0.05) is 23.4 Å². The highest BCUT2D eigenvalue weighted by Crippen LogP contribution is 2.37. The molecule has 0 bridgehead atoms. The molecule has 2 aromatic carbocycles. The zero-order valence-electron chi connectivity index (χ0n) is 18.1. The zero-order chi connectivity index (χ0) is 23.2. The lowest BCUT2D eigenvalue weighted by Crippen LogP contribution is -2.29. The first-order valence-corrected chi connectivity index (χ1v) is 11.9. The van der Waals surface area contributed by atoms with Gasteiger partial charge >= 0.3 is 5.97 Å². The number of anilines is 1. The maximum atomic E-state index is 13.4. The second-order valence-electron chi connectivity index (χ2n) is 7.88. The Balaban J connectivity index is 1.44. The van der Waals surface area contributed by atoms with Crippen molar-refractivity contribution in [3.63, 3.8) is 0 Å². The van der Waals surface area contributed by atoms with Crippen LogP contribution in [0.5, 0.6) is 5.88 Å². The monoisotopic (exact) mass is 463 g/mol. The lowest BCUT2D eigenvalue weighted by atomic mass is 10.0. The van der Waals surface area contributed by atoms with Gasteiger partial charge < -0.3 is 9.57 Å². The van der Waals surface area contributed by atoms with E-state index in [1.54, 1.807) is 19.2 Å². The van der Waals surface area contributed by atoms with Gasteiger partial charge in [0.2, 0.25) is 5.88 Å². The maximum Gasteiger partial charge on any atom is 0.341 e. The molecule has 0 fully saturated rings. The Morgan fingerprint density at radius 2 is 1.79 bits per heavy atom. The Kier molecular flexibility index (Phi) is 5.13. The van der Waals surface area contributed by atoms with E-state index in [9.17, 15) is 13.2 Å². The van der Waals surface area contributed by atoms with Gasteiger partial charge in [-0.1, -0.05) is 23.4 Å². The minimum atomic E-state index is -3.74. The average molecular weight is 464 g/mol. The van der Waals surface area contributed by atoms with Crippen molar-refractivity contribution < 1.29 is 22.8 Å². The predicted octanol–water partition coefficient (Wildman–Crippen LogP) is 3.47. The number of pyridine rings is 1. The fraction of sp³-hybridized carbons (Fsp3) is 0.208. The normalized spacial score (nSPS) is 15.3. The molecule has 0 unspecified atom stereocenters. The molecule has 0 N–H and O–H groups in total. The van der Waals surface area contributed by atoms with E-state index in [0.29, 0.717) is 35.8 Å². The van der Waals surface area contributed by atoms with Crippen molar-refractivity contribution in [2.45, 2.75) is 24.7 Å². The molecule has 1 aromatic heterocycles. The van der Waals surface area contributed by atoms with Gasteiger partial charge in [0.25, 0.3) is 10.0 Å². The van der Waals surface area contributed by atoms with Crippen LogP contribution >= 0.6 is 0 Å². The molecule has 3 aromatic rings. The van der Waals surface area contributed by atoms with Crippen LogP contribution in [0.3, 0.4) is 0 Å². The first-order valence-electron chi connectivity index (χ1n) is 10.4. The third kappa shape index (κ3) is 3.74. The van der Waals surface area contributed by atoms with Gasteiger partial charge in [0.1, 0.15) is 0 Å². The lowest BCUT2D eigenvalue weighted by molar-refractivity contribution is -0.140. The number of benzene rings is 2. The number of carbonyl (C=O) groups excluding carboxylic acids is 1. The molecule has 168 valence electrons. The van der Waals surface area contributed by atoms with Crippen LogP contribution in [0.15, 0.2) is 64.6 Å². The van der Waals surface area contributed by atoms with Crippen LogP contribution < -0.4 is 9.04 Å². The summed E-state index contributed by atoms with van der Waals surface area (Å²) in [4.78, 5) is 20.5. The van der Waals surface area contributed by atoms with E-state index in [4.69, 9.17) is 4.74 Å². The Labute approximate surface area is 191 Å². The number of hydrogen-bond acceptors (Lipinski definition) is 7. The molecule has 2 aliphatic rings. The van der Waals surface area contributed by atoms with Crippen molar-refractivity contribution in [1.29, 1.82) is 0 Å². The summed E-state index contributed by atoms with van der Waals surface area (Å²) < 4.78 is 33.6. The van der Waals surface area contributed by atoms with Crippen LogP contribution in [0.4, 0.5) is 5.69 Å².